The van der Waals surface area contributed by atoms with Gasteiger partial charge in [0.15, 0.2) is 5.78 Å². The smallest absolute Gasteiger partial charge is 0.163 e. The predicted molar refractivity (Wildman–Crippen MR) is 87.1 cm³/mol. The van der Waals surface area contributed by atoms with E-state index in [0.717, 1.165) is 6.29 Å². The first-order valence-corrected chi connectivity index (χ1v) is 7.87. The highest BCUT2D eigenvalue weighted by Gasteiger charge is 2.35. The van der Waals surface area contributed by atoms with Crippen LogP contribution in [0.2, 0.25) is 0 Å². The Morgan fingerprint density at radius 2 is 1.86 bits per heavy atom. The SMILES string of the molecule is CCC(O)=C1C(=O)CC(c2c(C)cc(C)cc2C)CC1C=O. The molecule has 0 radical (unpaired) electrons. The van der Waals surface area contributed by atoms with Crippen LogP contribution in [-0.4, -0.2) is 17.2 Å². The zero-order valence-corrected chi connectivity index (χ0v) is 13.8. The van der Waals surface area contributed by atoms with Gasteiger partial charge in [0.1, 0.15) is 6.29 Å². The summed E-state index contributed by atoms with van der Waals surface area (Å²) < 4.78 is 0. The molecule has 1 fully saturated rings. The lowest BCUT2D eigenvalue weighted by atomic mass is 9.72. The van der Waals surface area contributed by atoms with Gasteiger partial charge in [0.2, 0.25) is 0 Å². The Hall–Kier alpha value is -1.90. The first kappa shape index (κ1) is 16.5. The lowest BCUT2D eigenvalue weighted by Crippen LogP contribution is -2.28. The van der Waals surface area contributed by atoms with Gasteiger partial charge in [-0.25, -0.2) is 0 Å². The fourth-order valence-electron chi connectivity index (χ4n) is 3.79. The maximum absolute atomic E-state index is 12.5. The number of aldehydes is 1. The lowest BCUT2D eigenvalue weighted by molar-refractivity contribution is -0.120. The molecule has 0 aliphatic heterocycles. The molecule has 2 unspecified atom stereocenters. The van der Waals surface area contributed by atoms with Gasteiger partial charge in [0.05, 0.1) is 5.76 Å². The highest BCUT2D eigenvalue weighted by molar-refractivity contribution is 6.00. The molecule has 118 valence electrons. The van der Waals surface area contributed by atoms with Crippen LogP contribution in [0.3, 0.4) is 0 Å². The van der Waals surface area contributed by atoms with E-state index in [-0.39, 0.29) is 17.5 Å². The number of aryl methyl sites for hydroxylation is 3. The van der Waals surface area contributed by atoms with Crippen LogP contribution < -0.4 is 0 Å². The summed E-state index contributed by atoms with van der Waals surface area (Å²) in [6, 6.07) is 4.25. The molecule has 3 nitrogen and oxygen atoms in total. The third kappa shape index (κ3) is 2.99. The van der Waals surface area contributed by atoms with E-state index in [0.29, 0.717) is 24.8 Å². The summed E-state index contributed by atoms with van der Waals surface area (Å²) in [6.07, 6.45) is 2.16. The van der Waals surface area contributed by atoms with Crippen LogP contribution >= 0.6 is 0 Å². The molecule has 0 bridgehead atoms. The van der Waals surface area contributed by atoms with Crippen LogP contribution in [0.15, 0.2) is 23.5 Å². The summed E-state index contributed by atoms with van der Waals surface area (Å²) in [7, 11) is 0. The number of Topliss-reactive ketones (excluding diaryl/α,β-unsaturated/α-hetero) is 1. The van der Waals surface area contributed by atoms with Gasteiger partial charge in [0.25, 0.3) is 0 Å². The monoisotopic (exact) mass is 300 g/mol. The first-order valence-electron chi connectivity index (χ1n) is 7.87. The molecule has 2 atom stereocenters. The minimum atomic E-state index is -0.494. The summed E-state index contributed by atoms with van der Waals surface area (Å²) in [5.41, 5.74) is 5.06. The largest absolute Gasteiger partial charge is 0.512 e. The lowest BCUT2D eigenvalue weighted by Gasteiger charge is -2.30. The van der Waals surface area contributed by atoms with Crippen molar-refractivity contribution in [1.29, 1.82) is 0 Å². The van der Waals surface area contributed by atoms with Crippen LogP contribution in [0.1, 0.15) is 54.4 Å². The number of benzene rings is 1. The summed E-state index contributed by atoms with van der Waals surface area (Å²) >= 11 is 0. The van der Waals surface area contributed by atoms with Gasteiger partial charge >= 0.3 is 0 Å². The average molecular weight is 300 g/mol. The summed E-state index contributed by atoms with van der Waals surface area (Å²) in [5, 5.41) is 9.96. The van der Waals surface area contributed by atoms with Crippen molar-refractivity contribution < 1.29 is 14.7 Å². The van der Waals surface area contributed by atoms with Crippen LogP contribution in [0.25, 0.3) is 0 Å². The van der Waals surface area contributed by atoms with Gasteiger partial charge in [-0.15, -0.1) is 0 Å². The molecule has 3 heteroatoms. The van der Waals surface area contributed by atoms with E-state index in [1.807, 2.05) is 0 Å². The minimum absolute atomic E-state index is 0.0525. The molecule has 0 heterocycles. The molecule has 1 aromatic rings. The number of carbonyl (C=O) groups excluding carboxylic acids is 2. The zero-order chi connectivity index (χ0) is 16.4. The van der Waals surface area contributed by atoms with E-state index < -0.39 is 5.92 Å². The third-order valence-corrected chi connectivity index (χ3v) is 4.60. The Balaban J connectivity index is 2.42. The number of rotatable bonds is 3. The maximum atomic E-state index is 12.5. The standard InChI is InChI=1S/C19H24O3/c1-5-16(21)19-15(10-20)8-14(9-17(19)22)18-12(3)6-11(2)7-13(18)4/h6-7,10,14-15,21H,5,8-9H2,1-4H3. The van der Waals surface area contributed by atoms with E-state index in [1.54, 1.807) is 6.92 Å². The van der Waals surface area contributed by atoms with Crippen LogP contribution in [0.5, 0.6) is 0 Å². The first-order chi connectivity index (χ1) is 10.4. The molecule has 1 N–H and O–H groups in total. The van der Waals surface area contributed by atoms with Gasteiger partial charge in [-0.1, -0.05) is 24.6 Å². The molecule has 1 aliphatic rings. The molecule has 1 aliphatic carbocycles. The van der Waals surface area contributed by atoms with Crippen LogP contribution in [0, 0.1) is 26.7 Å². The molecule has 2 rings (SSSR count). The Morgan fingerprint density at radius 1 is 1.27 bits per heavy atom. The second-order valence-corrected chi connectivity index (χ2v) is 6.33. The van der Waals surface area contributed by atoms with Crippen molar-refractivity contribution in [3.05, 3.63) is 45.7 Å². The summed E-state index contributed by atoms with van der Waals surface area (Å²) in [4.78, 5) is 23.9. The fourth-order valence-corrected chi connectivity index (χ4v) is 3.79. The number of aliphatic hydroxyl groups is 1. The van der Waals surface area contributed by atoms with Crippen molar-refractivity contribution in [2.24, 2.45) is 5.92 Å². The molecule has 0 spiro atoms. The maximum Gasteiger partial charge on any atom is 0.163 e. The van der Waals surface area contributed by atoms with Crippen molar-refractivity contribution in [3.63, 3.8) is 0 Å². The van der Waals surface area contributed by atoms with Crippen LogP contribution in [-0.2, 0) is 9.59 Å². The zero-order valence-electron chi connectivity index (χ0n) is 13.8. The highest BCUT2D eigenvalue weighted by atomic mass is 16.3. The van der Waals surface area contributed by atoms with Gasteiger partial charge in [-0.3, -0.25) is 4.79 Å². The Kier molecular flexibility index (Phi) is 4.84. The number of allylic oxidation sites excluding steroid dienone is 2. The Morgan fingerprint density at radius 3 is 2.36 bits per heavy atom. The predicted octanol–water partition coefficient (Wildman–Crippen LogP) is 4.10. The molecule has 1 aromatic carbocycles. The number of carbonyl (C=O) groups is 2. The number of hydrogen-bond donors (Lipinski definition) is 1. The fraction of sp³-hybridized carbons (Fsp3) is 0.474. The van der Waals surface area contributed by atoms with Gasteiger partial charge in [-0.2, -0.15) is 0 Å². The number of hydrogen-bond acceptors (Lipinski definition) is 3. The normalized spacial score (nSPS) is 24.3. The molecular formula is C19H24O3. The van der Waals surface area contributed by atoms with E-state index in [2.05, 4.69) is 32.9 Å². The molecule has 0 aromatic heterocycles. The molecule has 22 heavy (non-hydrogen) atoms. The van der Waals surface area contributed by atoms with E-state index >= 15 is 0 Å². The van der Waals surface area contributed by atoms with Crippen molar-refractivity contribution in [1.82, 2.24) is 0 Å². The van der Waals surface area contributed by atoms with Gasteiger partial charge in [0, 0.05) is 24.3 Å². The quantitative estimate of drug-likeness (QED) is 0.519. The van der Waals surface area contributed by atoms with E-state index in [1.165, 1.54) is 22.3 Å². The molecular weight excluding hydrogens is 276 g/mol. The Bertz CT molecular complexity index is 617. The van der Waals surface area contributed by atoms with Crippen molar-refractivity contribution in [2.75, 3.05) is 0 Å². The third-order valence-electron chi connectivity index (χ3n) is 4.60. The van der Waals surface area contributed by atoms with Crippen molar-refractivity contribution in [2.45, 2.75) is 52.9 Å². The number of ketones is 1. The summed E-state index contributed by atoms with van der Waals surface area (Å²) in [6.45, 7) is 7.97. The highest BCUT2D eigenvalue weighted by Crippen LogP contribution is 2.40. The van der Waals surface area contributed by atoms with Gasteiger partial charge < -0.3 is 9.90 Å². The summed E-state index contributed by atoms with van der Waals surface area (Å²) in [5.74, 6) is -0.465. The van der Waals surface area contributed by atoms with Crippen molar-refractivity contribution >= 4 is 12.1 Å². The minimum Gasteiger partial charge on any atom is -0.512 e. The van der Waals surface area contributed by atoms with E-state index in [9.17, 15) is 14.7 Å². The number of aliphatic hydroxyl groups excluding tert-OH is 1. The Labute approximate surface area is 132 Å². The second-order valence-electron chi connectivity index (χ2n) is 6.33. The average Bonchev–Trinajstić information content (AvgIpc) is 2.44. The van der Waals surface area contributed by atoms with E-state index in [4.69, 9.17) is 0 Å². The molecule has 1 saturated carbocycles. The van der Waals surface area contributed by atoms with Crippen LogP contribution in [0.4, 0.5) is 0 Å². The topological polar surface area (TPSA) is 54.4 Å². The molecule has 0 saturated heterocycles. The van der Waals surface area contributed by atoms with Crippen molar-refractivity contribution in [3.8, 4) is 0 Å². The van der Waals surface area contributed by atoms with Gasteiger partial charge in [-0.05, 0) is 49.8 Å². The molecule has 0 amide bonds. The second kappa shape index (κ2) is 6.47.